The van der Waals surface area contributed by atoms with Crippen LogP contribution in [0.4, 0.5) is 0 Å². The summed E-state index contributed by atoms with van der Waals surface area (Å²) < 4.78 is 0. The molecule has 1 aliphatic heterocycles. The molecule has 0 aromatic heterocycles. The van der Waals surface area contributed by atoms with Crippen molar-refractivity contribution < 1.29 is 4.79 Å². The number of hydrogen-bond acceptors (Lipinski definition) is 2. The highest BCUT2D eigenvalue weighted by Gasteiger charge is 2.40. The second-order valence-electron chi connectivity index (χ2n) is 8.27. The van der Waals surface area contributed by atoms with Gasteiger partial charge in [0.15, 0.2) is 0 Å². The molecule has 0 aromatic rings. The lowest BCUT2D eigenvalue weighted by atomic mass is 9.68. The first-order valence-electron chi connectivity index (χ1n) is 9.08. The fraction of sp³-hybridized carbons (Fsp3) is 0.944. The molecular formula is C18H32N2O. The van der Waals surface area contributed by atoms with Gasteiger partial charge in [-0.15, -0.1) is 0 Å². The predicted octanol–water partition coefficient (Wildman–Crippen LogP) is 3.19. The third kappa shape index (κ3) is 3.80. The molecule has 1 N–H and O–H groups in total. The Morgan fingerprint density at radius 1 is 1.10 bits per heavy atom. The molecule has 0 radical (unpaired) electrons. The molecule has 2 saturated carbocycles. The van der Waals surface area contributed by atoms with E-state index >= 15 is 0 Å². The SMILES string of the molecule is CC1(C)CCCCC1C(=O)N(CC1CC1)CC1CCCN1. The average Bonchev–Trinajstić information content (AvgIpc) is 3.10. The number of carbonyl (C=O) groups is 1. The molecule has 3 aliphatic rings. The fourth-order valence-electron chi connectivity index (χ4n) is 4.22. The van der Waals surface area contributed by atoms with Gasteiger partial charge in [0.25, 0.3) is 0 Å². The maximum absolute atomic E-state index is 13.2. The van der Waals surface area contributed by atoms with E-state index < -0.39 is 0 Å². The van der Waals surface area contributed by atoms with Crippen molar-refractivity contribution in [1.29, 1.82) is 0 Å². The van der Waals surface area contributed by atoms with Gasteiger partial charge in [0.1, 0.15) is 0 Å². The second kappa shape index (κ2) is 6.28. The molecule has 0 spiro atoms. The molecule has 2 aliphatic carbocycles. The van der Waals surface area contributed by atoms with Gasteiger partial charge in [-0.05, 0) is 56.4 Å². The maximum atomic E-state index is 13.2. The number of hydrogen-bond donors (Lipinski definition) is 1. The molecule has 3 heteroatoms. The van der Waals surface area contributed by atoms with E-state index in [0.717, 1.165) is 32.0 Å². The Morgan fingerprint density at radius 3 is 2.52 bits per heavy atom. The molecule has 1 heterocycles. The lowest BCUT2D eigenvalue weighted by Crippen LogP contribution is -2.48. The van der Waals surface area contributed by atoms with Gasteiger partial charge < -0.3 is 10.2 Å². The highest BCUT2D eigenvalue weighted by molar-refractivity contribution is 5.80. The first-order chi connectivity index (χ1) is 10.1. The van der Waals surface area contributed by atoms with Crippen LogP contribution in [0, 0.1) is 17.3 Å². The van der Waals surface area contributed by atoms with Crippen LogP contribution >= 0.6 is 0 Å². The molecule has 120 valence electrons. The van der Waals surface area contributed by atoms with Crippen LogP contribution in [-0.2, 0) is 4.79 Å². The fourth-order valence-corrected chi connectivity index (χ4v) is 4.22. The van der Waals surface area contributed by atoms with Crippen molar-refractivity contribution in [2.75, 3.05) is 19.6 Å². The molecule has 3 fully saturated rings. The minimum Gasteiger partial charge on any atom is -0.341 e. The highest BCUT2D eigenvalue weighted by Crippen LogP contribution is 2.42. The number of rotatable bonds is 5. The largest absolute Gasteiger partial charge is 0.341 e. The molecule has 21 heavy (non-hydrogen) atoms. The lowest BCUT2D eigenvalue weighted by molar-refractivity contribution is -0.141. The molecular weight excluding hydrogens is 260 g/mol. The summed E-state index contributed by atoms with van der Waals surface area (Å²) >= 11 is 0. The van der Waals surface area contributed by atoms with E-state index in [4.69, 9.17) is 0 Å². The summed E-state index contributed by atoms with van der Waals surface area (Å²) in [5.41, 5.74) is 0.195. The Hall–Kier alpha value is -0.570. The van der Waals surface area contributed by atoms with Crippen LogP contribution < -0.4 is 5.32 Å². The van der Waals surface area contributed by atoms with Gasteiger partial charge in [-0.1, -0.05) is 26.7 Å². The van der Waals surface area contributed by atoms with Gasteiger partial charge in [-0.3, -0.25) is 4.79 Å². The van der Waals surface area contributed by atoms with Gasteiger partial charge in [0.05, 0.1) is 0 Å². The minimum absolute atomic E-state index is 0.195. The minimum atomic E-state index is 0.195. The van der Waals surface area contributed by atoms with Crippen LogP contribution in [0.3, 0.4) is 0 Å². The standard InChI is InChI=1S/C18H32N2O/c1-18(2)10-4-3-7-16(18)17(21)20(12-14-8-9-14)13-15-6-5-11-19-15/h14-16,19H,3-13H2,1-2H3. The monoisotopic (exact) mass is 292 g/mol. The van der Waals surface area contributed by atoms with E-state index in [2.05, 4.69) is 24.1 Å². The zero-order chi connectivity index (χ0) is 14.9. The molecule has 2 atom stereocenters. The summed E-state index contributed by atoms with van der Waals surface area (Å²) in [6, 6.07) is 0.541. The van der Waals surface area contributed by atoms with E-state index in [1.807, 2.05) is 0 Å². The molecule has 3 nitrogen and oxygen atoms in total. The van der Waals surface area contributed by atoms with Crippen molar-refractivity contribution in [3.05, 3.63) is 0 Å². The number of amides is 1. The predicted molar refractivity (Wildman–Crippen MR) is 86.1 cm³/mol. The van der Waals surface area contributed by atoms with Crippen molar-refractivity contribution in [2.45, 2.75) is 71.3 Å². The normalized spacial score (nSPS) is 32.1. The maximum Gasteiger partial charge on any atom is 0.226 e. The first-order valence-corrected chi connectivity index (χ1v) is 9.08. The third-order valence-corrected chi connectivity index (χ3v) is 5.90. The van der Waals surface area contributed by atoms with E-state index in [1.54, 1.807) is 0 Å². The first kappa shape index (κ1) is 15.3. The Balaban J connectivity index is 1.66. The summed E-state index contributed by atoms with van der Waals surface area (Å²) in [6.07, 6.45) is 10.0. The third-order valence-electron chi connectivity index (χ3n) is 5.90. The summed E-state index contributed by atoms with van der Waals surface area (Å²) in [4.78, 5) is 15.4. The van der Waals surface area contributed by atoms with E-state index in [0.29, 0.717) is 11.9 Å². The second-order valence-corrected chi connectivity index (χ2v) is 8.27. The number of nitrogens with one attached hydrogen (secondary N) is 1. The highest BCUT2D eigenvalue weighted by atomic mass is 16.2. The van der Waals surface area contributed by atoms with Crippen LogP contribution in [0.25, 0.3) is 0 Å². The van der Waals surface area contributed by atoms with Gasteiger partial charge in [-0.25, -0.2) is 0 Å². The Bertz CT molecular complexity index is 369. The van der Waals surface area contributed by atoms with E-state index in [-0.39, 0.29) is 11.3 Å². The quantitative estimate of drug-likeness (QED) is 0.844. The van der Waals surface area contributed by atoms with Crippen LogP contribution in [0.2, 0.25) is 0 Å². The Labute approximate surface area is 129 Å². The summed E-state index contributed by atoms with van der Waals surface area (Å²) in [5, 5.41) is 3.57. The van der Waals surface area contributed by atoms with Crippen molar-refractivity contribution in [1.82, 2.24) is 10.2 Å². The topological polar surface area (TPSA) is 32.3 Å². The summed E-state index contributed by atoms with van der Waals surface area (Å²) in [6.45, 7) is 7.70. The molecule has 3 rings (SSSR count). The van der Waals surface area contributed by atoms with Crippen molar-refractivity contribution in [3.63, 3.8) is 0 Å². The van der Waals surface area contributed by atoms with Gasteiger partial charge in [0, 0.05) is 25.0 Å². The summed E-state index contributed by atoms with van der Waals surface area (Å²) in [7, 11) is 0. The lowest BCUT2D eigenvalue weighted by Gasteiger charge is -2.41. The molecule has 1 saturated heterocycles. The smallest absolute Gasteiger partial charge is 0.226 e. The average molecular weight is 292 g/mol. The van der Waals surface area contributed by atoms with Crippen LogP contribution in [0.5, 0.6) is 0 Å². The Kier molecular flexibility index (Phi) is 4.58. The molecule has 0 aromatic carbocycles. The zero-order valence-corrected chi connectivity index (χ0v) is 13.9. The van der Waals surface area contributed by atoms with Crippen molar-refractivity contribution in [3.8, 4) is 0 Å². The molecule has 0 bridgehead atoms. The number of carbonyl (C=O) groups excluding carboxylic acids is 1. The van der Waals surface area contributed by atoms with E-state index in [1.165, 1.54) is 44.9 Å². The van der Waals surface area contributed by atoms with Gasteiger partial charge in [-0.2, -0.15) is 0 Å². The van der Waals surface area contributed by atoms with E-state index in [9.17, 15) is 4.79 Å². The Morgan fingerprint density at radius 2 is 1.90 bits per heavy atom. The van der Waals surface area contributed by atoms with Crippen LogP contribution in [0.15, 0.2) is 0 Å². The van der Waals surface area contributed by atoms with Crippen LogP contribution in [0.1, 0.15) is 65.2 Å². The molecule has 1 amide bonds. The van der Waals surface area contributed by atoms with Crippen molar-refractivity contribution in [2.24, 2.45) is 17.3 Å². The molecule has 2 unspecified atom stereocenters. The zero-order valence-electron chi connectivity index (χ0n) is 13.9. The van der Waals surface area contributed by atoms with Gasteiger partial charge in [0.2, 0.25) is 5.91 Å². The number of nitrogens with zero attached hydrogens (tertiary/aromatic N) is 1. The van der Waals surface area contributed by atoms with Gasteiger partial charge >= 0.3 is 0 Å². The van der Waals surface area contributed by atoms with Crippen LogP contribution in [-0.4, -0.2) is 36.5 Å². The van der Waals surface area contributed by atoms with Crippen molar-refractivity contribution >= 4 is 5.91 Å². The summed E-state index contributed by atoms with van der Waals surface area (Å²) in [5.74, 6) is 1.51.